The van der Waals surface area contributed by atoms with Crippen molar-refractivity contribution in [3.63, 3.8) is 0 Å². The van der Waals surface area contributed by atoms with E-state index in [1.54, 1.807) is 24.3 Å². The summed E-state index contributed by atoms with van der Waals surface area (Å²) in [7, 11) is 0. The average Bonchev–Trinajstić information content (AvgIpc) is 2.30. The van der Waals surface area contributed by atoms with Crippen LogP contribution >= 0.6 is 12.6 Å². The molecule has 94 valence electrons. The van der Waals surface area contributed by atoms with Gasteiger partial charge in [-0.05, 0) is 19.1 Å². The van der Waals surface area contributed by atoms with Gasteiger partial charge in [0.1, 0.15) is 5.25 Å². The summed E-state index contributed by atoms with van der Waals surface area (Å²) in [6.07, 6.45) is 1.25. The van der Waals surface area contributed by atoms with Gasteiger partial charge in [-0.25, -0.2) is 0 Å². The van der Waals surface area contributed by atoms with Crippen LogP contribution in [0.25, 0.3) is 0 Å². The van der Waals surface area contributed by atoms with Crippen molar-refractivity contribution in [2.45, 2.75) is 32.4 Å². The highest BCUT2D eigenvalue weighted by Crippen LogP contribution is 2.07. The monoisotopic (exact) mass is 253 g/mol. The first-order valence-corrected chi connectivity index (χ1v) is 6.09. The Morgan fingerprint density at radius 2 is 1.71 bits per heavy atom. The average molecular weight is 253 g/mol. The zero-order valence-electron chi connectivity index (χ0n) is 10.4. The van der Waals surface area contributed by atoms with Gasteiger partial charge in [-0.2, -0.15) is 12.6 Å². The molecule has 1 rings (SSSR count). The SMILES string of the molecule is CC(=O)C(S)C(=O)Nc1ccccc1.CCC. The van der Waals surface area contributed by atoms with E-state index in [1.165, 1.54) is 13.3 Å². The van der Waals surface area contributed by atoms with E-state index in [9.17, 15) is 9.59 Å². The molecule has 0 saturated heterocycles. The maximum atomic E-state index is 11.3. The zero-order valence-corrected chi connectivity index (χ0v) is 11.3. The molecule has 1 aromatic rings. The van der Waals surface area contributed by atoms with Gasteiger partial charge in [-0.1, -0.05) is 38.5 Å². The maximum absolute atomic E-state index is 11.3. The summed E-state index contributed by atoms with van der Waals surface area (Å²) < 4.78 is 0. The number of para-hydroxylation sites is 1. The van der Waals surface area contributed by atoms with Gasteiger partial charge in [-0.3, -0.25) is 9.59 Å². The first kappa shape index (κ1) is 15.7. The first-order chi connectivity index (χ1) is 8.02. The van der Waals surface area contributed by atoms with Crippen molar-refractivity contribution >= 4 is 30.0 Å². The minimum absolute atomic E-state index is 0.262. The molecule has 1 N–H and O–H groups in total. The van der Waals surface area contributed by atoms with Crippen molar-refractivity contribution in [1.29, 1.82) is 0 Å². The lowest BCUT2D eigenvalue weighted by molar-refractivity contribution is -0.123. The fourth-order valence-electron chi connectivity index (χ4n) is 0.917. The number of Topliss-reactive ketones (excluding diaryl/α,β-unsaturated/α-hetero) is 1. The molecule has 0 heterocycles. The molecule has 1 aromatic carbocycles. The van der Waals surface area contributed by atoms with Crippen LogP contribution in [0.4, 0.5) is 5.69 Å². The number of hydrogen-bond acceptors (Lipinski definition) is 3. The molecule has 3 nitrogen and oxygen atoms in total. The van der Waals surface area contributed by atoms with Gasteiger partial charge in [-0.15, -0.1) is 0 Å². The van der Waals surface area contributed by atoms with Gasteiger partial charge in [0.15, 0.2) is 5.78 Å². The van der Waals surface area contributed by atoms with Crippen molar-refractivity contribution in [2.75, 3.05) is 5.32 Å². The highest BCUT2D eigenvalue weighted by molar-refractivity contribution is 7.82. The summed E-state index contributed by atoms with van der Waals surface area (Å²) in [5.74, 6) is -0.659. The number of thiol groups is 1. The lowest BCUT2D eigenvalue weighted by Gasteiger charge is -2.07. The van der Waals surface area contributed by atoms with E-state index in [4.69, 9.17) is 0 Å². The summed E-state index contributed by atoms with van der Waals surface area (Å²) in [5, 5.41) is 1.69. The Morgan fingerprint density at radius 1 is 1.24 bits per heavy atom. The highest BCUT2D eigenvalue weighted by Gasteiger charge is 2.18. The Bertz CT molecular complexity index is 352. The Hall–Kier alpha value is -1.29. The van der Waals surface area contributed by atoms with Crippen LogP contribution in [0, 0.1) is 0 Å². The van der Waals surface area contributed by atoms with Gasteiger partial charge in [0.2, 0.25) is 5.91 Å². The quantitative estimate of drug-likeness (QED) is 0.642. The summed E-state index contributed by atoms with van der Waals surface area (Å²) in [4.78, 5) is 22.2. The largest absolute Gasteiger partial charge is 0.325 e. The molecule has 1 atom stereocenters. The molecule has 0 aromatic heterocycles. The van der Waals surface area contributed by atoms with E-state index in [2.05, 4.69) is 31.8 Å². The molecular formula is C13H19NO2S. The lowest BCUT2D eigenvalue weighted by atomic mass is 10.2. The van der Waals surface area contributed by atoms with Crippen molar-refractivity contribution in [3.05, 3.63) is 30.3 Å². The first-order valence-electron chi connectivity index (χ1n) is 5.57. The number of carbonyl (C=O) groups excluding carboxylic acids is 2. The van der Waals surface area contributed by atoms with Crippen LogP contribution in [0.2, 0.25) is 0 Å². The molecular weight excluding hydrogens is 234 g/mol. The Labute approximate surface area is 108 Å². The number of carbonyl (C=O) groups is 2. The van der Waals surface area contributed by atoms with Crippen molar-refractivity contribution in [2.24, 2.45) is 0 Å². The summed E-state index contributed by atoms with van der Waals surface area (Å²) in [6.45, 7) is 5.59. The third-order valence-corrected chi connectivity index (χ3v) is 2.27. The molecule has 0 fully saturated rings. The number of anilines is 1. The summed E-state index contributed by atoms with van der Waals surface area (Å²) in [5.41, 5.74) is 0.665. The van der Waals surface area contributed by atoms with E-state index in [-0.39, 0.29) is 5.78 Å². The third-order valence-electron chi connectivity index (χ3n) is 1.67. The van der Waals surface area contributed by atoms with E-state index >= 15 is 0 Å². The maximum Gasteiger partial charge on any atom is 0.244 e. The zero-order chi connectivity index (χ0) is 13.3. The predicted octanol–water partition coefficient (Wildman–Crippen LogP) is 2.93. The molecule has 0 aliphatic rings. The topological polar surface area (TPSA) is 46.2 Å². The minimum atomic E-state index is -0.893. The number of hydrogen-bond donors (Lipinski definition) is 2. The van der Waals surface area contributed by atoms with Crippen LogP contribution in [0.15, 0.2) is 30.3 Å². The van der Waals surface area contributed by atoms with Crippen LogP contribution in [-0.4, -0.2) is 16.9 Å². The fourth-order valence-corrected chi connectivity index (χ4v) is 0.981. The Balaban J connectivity index is 0.000000770. The molecule has 0 spiro atoms. The van der Waals surface area contributed by atoms with Crippen LogP contribution in [0.1, 0.15) is 27.2 Å². The van der Waals surface area contributed by atoms with E-state index in [0.29, 0.717) is 5.69 Å². The Morgan fingerprint density at radius 3 is 2.12 bits per heavy atom. The number of benzene rings is 1. The van der Waals surface area contributed by atoms with Gasteiger partial charge in [0, 0.05) is 5.69 Å². The molecule has 1 amide bonds. The normalized spacial score (nSPS) is 10.8. The molecule has 1 unspecified atom stereocenters. The molecule has 0 aliphatic carbocycles. The van der Waals surface area contributed by atoms with Crippen LogP contribution in [-0.2, 0) is 9.59 Å². The lowest BCUT2D eigenvalue weighted by Crippen LogP contribution is -2.28. The van der Waals surface area contributed by atoms with Crippen LogP contribution < -0.4 is 5.32 Å². The second-order valence-corrected chi connectivity index (χ2v) is 4.09. The summed E-state index contributed by atoms with van der Waals surface area (Å²) >= 11 is 3.89. The highest BCUT2D eigenvalue weighted by atomic mass is 32.1. The van der Waals surface area contributed by atoms with Gasteiger partial charge >= 0.3 is 0 Å². The van der Waals surface area contributed by atoms with Gasteiger partial charge < -0.3 is 5.32 Å². The second kappa shape index (κ2) is 8.82. The molecule has 0 bridgehead atoms. The van der Waals surface area contributed by atoms with Gasteiger partial charge in [0.25, 0.3) is 0 Å². The predicted molar refractivity (Wildman–Crippen MR) is 74.5 cm³/mol. The number of amides is 1. The van der Waals surface area contributed by atoms with Crippen molar-refractivity contribution in [1.82, 2.24) is 0 Å². The Kier molecular flexibility index (Phi) is 8.15. The fraction of sp³-hybridized carbons (Fsp3) is 0.385. The van der Waals surface area contributed by atoms with E-state index in [1.807, 2.05) is 6.07 Å². The third kappa shape index (κ3) is 6.79. The molecule has 4 heteroatoms. The van der Waals surface area contributed by atoms with Crippen LogP contribution in [0.3, 0.4) is 0 Å². The van der Waals surface area contributed by atoms with E-state index < -0.39 is 11.2 Å². The van der Waals surface area contributed by atoms with Gasteiger partial charge in [0.05, 0.1) is 0 Å². The van der Waals surface area contributed by atoms with E-state index in [0.717, 1.165) is 0 Å². The standard InChI is InChI=1S/C10H11NO2S.C3H8/c1-7(12)9(14)10(13)11-8-5-3-2-4-6-8;1-3-2/h2-6,9,14H,1H3,(H,11,13);3H2,1-2H3. The van der Waals surface area contributed by atoms with Crippen molar-refractivity contribution < 1.29 is 9.59 Å². The molecule has 0 radical (unpaired) electrons. The summed E-state index contributed by atoms with van der Waals surface area (Å²) in [6, 6.07) is 8.95. The molecule has 0 aliphatic heterocycles. The molecule has 17 heavy (non-hydrogen) atoms. The number of rotatable bonds is 3. The number of nitrogens with one attached hydrogen (secondary N) is 1. The molecule has 0 saturated carbocycles. The number of ketones is 1. The second-order valence-electron chi connectivity index (χ2n) is 3.58. The van der Waals surface area contributed by atoms with Crippen LogP contribution in [0.5, 0.6) is 0 Å². The van der Waals surface area contributed by atoms with Crippen molar-refractivity contribution in [3.8, 4) is 0 Å². The minimum Gasteiger partial charge on any atom is -0.325 e. The smallest absolute Gasteiger partial charge is 0.244 e.